The molecule has 1 aliphatic rings. The number of carboxylic acids is 1. The summed E-state index contributed by atoms with van der Waals surface area (Å²) in [6.07, 6.45) is 0.702. The van der Waals surface area contributed by atoms with Crippen LogP contribution in [-0.4, -0.2) is 28.5 Å². The van der Waals surface area contributed by atoms with Crippen LogP contribution in [0.15, 0.2) is 22.6 Å². The van der Waals surface area contributed by atoms with Gasteiger partial charge in [0.2, 0.25) is 5.76 Å². The van der Waals surface area contributed by atoms with E-state index in [0.717, 1.165) is 5.56 Å². The van der Waals surface area contributed by atoms with E-state index in [1.165, 1.54) is 6.07 Å². The third-order valence-corrected chi connectivity index (χ3v) is 3.57. The Morgan fingerprint density at radius 3 is 2.71 bits per heavy atom. The summed E-state index contributed by atoms with van der Waals surface area (Å²) in [5.74, 6) is -0.645. The van der Waals surface area contributed by atoms with Crippen LogP contribution < -0.4 is 4.90 Å². The molecule has 0 atom stereocenters. The molecule has 0 radical (unpaired) electrons. The van der Waals surface area contributed by atoms with Gasteiger partial charge in [0.1, 0.15) is 0 Å². The number of anilines is 1. The van der Waals surface area contributed by atoms with Crippen LogP contribution in [0.25, 0.3) is 0 Å². The van der Waals surface area contributed by atoms with Gasteiger partial charge in [-0.2, -0.15) is 0 Å². The summed E-state index contributed by atoms with van der Waals surface area (Å²) in [6.45, 7) is 3.91. The highest BCUT2D eigenvalue weighted by atomic mass is 16.4. The monoisotopic (exact) mass is 286 g/mol. The molecule has 21 heavy (non-hydrogen) atoms. The van der Waals surface area contributed by atoms with Crippen LogP contribution in [0.5, 0.6) is 0 Å². The van der Waals surface area contributed by atoms with Crippen molar-refractivity contribution < 1.29 is 19.1 Å². The summed E-state index contributed by atoms with van der Waals surface area (Å²) < 4.78 is 5.36. The molecule has 6 heteroatoms. The average molecular weight is 286 g/mol. The average Bonchev–Trinajstić information content (AvgIpc) is 3.00. The van der Waals surface area contributed by atoms with E-state index in [1.807, 2.05) is 0 Å². The van der Waals surface area contributed by atoms with Gasteiger partial charge in [0.15, 0.2) is 5.89 Å². The molecule has 1 N–H and O–H groups in total. The van der Waals surface area contributed by atoms with Gasteiger partial charge in [-0.1, -0.05) is 6.07 Å². The molecule has 6 nitrogen and oxygen atoms in total. The zero-order chi connectivity index (χ0) is 15.1. The lowest BCUT2D eigenvalue weighted by atomic mass is 10.1. The van der Waals surface area contributed by atoms with Gasteiger partial charge >= 0.3 is 5.97 Å². The molecule has 0 bridgehead atoms. The molecule has 1 aromatic heterocycles. The van der Waals surface area contributed by atoms with E-state index >= 15 is 0 Å². The summed E-state index contributed by atoms with van der Waals surface area (Å²) in [5.41, 5.74) is 2.30. The number of aromatic carboxylic acids is 1. The van der Waals surface area contributed by atoms with Gasteiger partial charge in [-0.25, -0.2) is 9.78 Å². The highest BCUT2D eigenvalue weighted by Crippen LogP contribution is 2.31. The largest absolute Gasteiger partial charge is 0.478 e. The van der Waals surface area contributed by atoms with Crippen molar-refractivity contribution >= 4 is 17.6 Å². The molecule has 1 aromatic carbocycles. The second kappa shape index (κ2) is 4.73. The maximum atomic E-state index is 12.6. The van der Waals surface area contributed by atoms with E-state index < -0.39 is 5.97 Å². The van der Waals surface area contributed by atoms with E-state index in [9.17, 15) is 9.59 Å². The number of benzene rings is 1. The van der Waals surface area contributed by atoms with Crippen LogP contribution in [0.4, 0.5) is 5.69 Å². The zero-order valence-corrected chi connectivity index (χ0v) is 11.7. The quantitative estimate of drug-likeness (QED) is 0.914. The molecule has 0 fully saturated rings. The minimum absolute atomic E-state index is 0.166. The van der Waals surface area contributed by atoms with Crippen molar-refractivity contribution in [1.82, 2.24) is 4.98 Å². The number of oxazole rings is 1. The number of carbonyl (C=O) groups excluding carboxylic acids is 1. The van der Waals surface area contributed by atoms with Crippen LogP contribution in [0.2, 0.25) is 0 Å². The number of aromatic nitrogens is 1. The fraction of sp³-hybridized carbons (Fsp3) is 0.267. The first kappa shape index (κ1) is 13.4. The summed E-state index contributed by atoms with van der Waals surface area (Å²) >= 11 is 0. The van der Waals surface area contributed by atoms with Crippen LogP contribution in [0, 0.1) is 13.8 Å². The maximum absolute atomic E-state index is 12.6. The number of hydrogen-bond acceptors (Lipinski definition) is 4. The van der Waals surface area contributed by atoms with Crippen molar-refractivity contribution in [2.45, 2.75) is 20.3 Å². The second-order valence-electron chi connectivity index (χ2n) is 5.00. The molecule has 1 amide bonds. The Bertz CT molecular complexity index is 748. The van der Waals surface area contributed by atoms with Crippen molar-refractivity contribution in [3.63, 3.8) is 0 Å². The third-order valence-electron chi connectivity index (χ3n) is 3.57. The van der Waals surface area contributed by atoms with Gasteiger partial charge in [0.25, 0.3) is 5.91 Å². The molecule has 0 unspecified atom stereocenters. The molecule has 108 valence electrons. The summed E-state index contributed by atoms with van der Waals surface area (Å²) in [7, 11) is 0. The SMILES string of the molecule is Cc1nc(C)c(C(=O)N2CCc3ccc(C(=O)O)cc32)o1. The van der Waals surface area contributed by atoms with Gasteiger partial charge < -0.3 is 14.4 Å². The van der Waals surface area contributed by atoms with Gasteiger partial charge in [-0.3, -0.25) is 4.79 Å². The summed E-state index contributed by atoms with van der Waals surface area (Å²) in [4.78, 5) is 29.3. The van der Waals surface area contributed by atoms with Crippen LogP contribution >= 0.6 is 0 Å². The Labute approximate surface area is 121 Å². The Kier molecular flexibility index (Phi) is 3.01. The van der Waals surface area contributed by atoms with Crippen LogP contribution in [0.3, 0.4) is 0 Å². The molecule has 1 aliphatic heterocycles. The molecule has 3 rings (SSSR count). The first-order valence-electron chi connectivity index (χ1n) is 6.59. The Morgan fingerprint density at radius 1 is 1.33 bits per heavy atom. The number of fused-ring (bicyclic) bond motifs is 1. The Morgan fingerprint density at radius 2 is 2.10 bits per heavy atom. The number of carboxylic acid groups (broad SMARTS) is 1. The lowest BCUT2D eigenvalue weighted by Gasteiger charge is -2.16. The predicted molar refractivity (Wildman–Crippen MR) is 74.8 cm³/mol. The minimum Gasteiger partial charge on any atom is -0.478 e. The van der Waals surface area contributed by atoms with Gasteiger partial charge in [-0.05, 0) is 31.0 Å². The van der Waals surface area contributed by atoms with E-state index in [0.29, 0.717) is 30.2 Å². The van der Waals surface area contributed by atoms with Crippen molar-refractivity contribution in [2.75, 3.05) is 11.4 Å². The number of amides is 1. The molecule has 0 aliphatic carbocycles. The molecule has 0 saturated carbocycles. The molecular formula is C15H14N2O4. The number of nitrogens with zero attached hydrogens (tertiary/aromatic N) is 2. The summed E-state index contributed by atoms with van der Waals surface area (Å²) in [5, 5.41) is 9.07. The molecule has 0 saturated heterocycles. The smallest absolute Gasteiger partial charge is 0.335 e. The minimum atomic E-state index is -1.01. The van der Waals surface area contributed by atoms with Crippen molar-refractivity contribution in [3.05, 3.63) is 46.7 Å². The zero-order valence-electron chi connectivity index (χ0n) is 11.7. The fourth-order valence-corrected chi connectivity index (χ4v) is 2.58. The van der Waals surface area contributed by atoms with Gasteiger partial charge in [0.05, 0.1) is 11.3 Å². The van der Waals surface area contributed by atoms with Crippen molar-refractivity contribution in [2.24, 2.45) is 0 Å². The van der Waals surface area contributed by atoms with E-state index in [-0.39, 0.29) is 17.2 Å². The fourth-order valence-electron chi connectivity index (χ4n) is 2.58. The topological polar surface area (TPSA) is 83.6 Å². The number of hydrogen-bond donors (Lipinski definition) is 1. The molecular weight excluding hydrogens is 272 g/mol. The van der Waals surface area contributed by atoms with Gasteiger partial charge in [-0.15, -0.1) is 0 Å². The molecule has 0 spiro atoms. The van der Waals surface area contributed by atoms with Crippen molar-refractivity contribution in [3.8, 4) is 0 Å². The predicted octanol–water partition coefficient (Wildman–Crippen LogP) is 2.19. The molecule has 2 aromatic rings. The standard InChI is InChI=1S/C15H14N2O4/c1-8-13(21-9(2)16-8)14(18)17-6-5-10-3-4-11(15(19)20)7-12(10)17/h3-4,7H,5-6H2,1-2H3,(H,19,20). The van der Waals surface area contributed by atoms with Crippen LogP contribution in [-0.2, 0) is 6.42 Å². The first-order valence-corrected chi connectivity index (χ1v) is 6.59. The van der Waals surface area contributed by atoms with E-state index in [4.69, 9.17) is 9.52 Å². The summed E-state index contributed by atoms with van der Waals surface area (Å²) in [6, 6.07) is 4.84. The highest BCUT2D eigenvalue weighted by Gasteiger charge is 2.29. The maximum Gasteiger partial charge on any atom is 0.335 e. The Hall–Kier alpha value is -2.63. The normalized spacial score (nSPS) is 13.3. The van der Waals surface area contributed by atoms with E-state index in [1.54, 1.807) is 30.9 Å². The van der Waals surface area contributed by atoms with Crippen molar-refractivity contribution in [1.29, 1.82) is 0 Å². The number of aryl methyl sites for hydroxylation is 2. The van der Waals surface area contributed by atoms with Crippen LogP contribution in [0.1, 0.15) is 38.1 Å². The number of carbonyl (C=O) groups is 2. The lowest BCUT2D eigenvalue weighted by Crippen LogP contribution is -2.29. The highest BCUT2D eigenvalue weighted by molar-refractivity contribution is 6.06. The number of rotatable bonds is 2. The van der Waals surface area contributed by atoms with E-state index in [2.05, 4.69) is 4.98 Å². The lowest BCUT2D eigenvalue weighted by molar-refractivity contribution is 0.0696. The first-order chi connectivity index (χ1) is 9.97. The molecule has 2 heterocycles. The third kappa shape index (κ3) is 2.18. The second-order valence-corrected chi connectivity index (χ2v) is 5.00. The van der Waals surface area contributed by atoms with Gasteiger partial charge in [0, 0.05) is 19.2 Å². The Balaban J connectivity index is 2.00.